The Hall–Kier alpha value is -0.120. The smallest absolute Gasteiger partial charge is 0.0195 e. The van der Waals surface area contributed by atoms with Crippen molar-refractivity contribution in [2.45, 2.75) is 31.7 Å². The molecule has 2 aliphatic rings. The molecule has 1 atom stereocenters. The third-order valence-corrected chi connectivity index (χ3v) is 3.78. The first-order chi connectivity index (χ1) is 7.34. The summed E-state index contributed by atoms with van der Waals surface area (Å²) in [6, 6.07) is 0.749. The number of hydrogen-bond donors (Lipinski definition) is 2. The summed E-state index contributed by atoms with van der Waals surface area (Å²) in [6.07, 6.45) is 5.45. The fourth-order valence-electron chi connectivity index (χ4n) is 2.75. The Kier molecular flexibility index (Phi) is 4.42. The van der Waals surface area contributed by atoms with Gasteiger partial charge in [0.2, 0.25) is 0 Å². The van der Waals surface area contributed by atoms with Gasteiger partial charge in [-0.05, 0) is 64.8 Å². The van der Waals surface area contributed by atoms with E-state index in [9.17, 15) is 0 Å². The van der Waals surface area contributed by atoms with Gasteiger partial charge in [0.15, 0.2) is 0 Å². The molecule has 2 aliphatic heterocycles. The van der Waals surface area contributed by atoms with Crippen molar-refractivity contribution in [3.05, 3.63) is 0 Å². The van der Waals surface area contributed by atoms with Crippen LogP contribution < -0.4 is 10.6 Å². The van der Waals surface area contributed by atoms with Crippen LogP contribution in [0.2, 0.25) is 0 Å². The Balaban J connectivity index is 1.63. The number of hydrogen-bond acceptors (Lipinski definition) is 3. The van der Waals surface area contributed by atoms with Crippen molar-refractivity contribution < 1.29 is 0 Å². The van der Waals surface area contributed by atoms with E-state index in [1.165, 1.54) is 58.4 Å². The molecule has 0 spiro atoms. The second-order valence-corrected chi connectivity index (χ2v) is 5.20. The average Bonchev–Trinajstić information content (AvgIpc) is 2.28. The van der Waals surface area contributed by atoms with Gasteiger partial charge in [0.1, 0.15) is 0 Å². The first kappa shape index (κ1) is 11.4. The molecular weight excluding hydrogens is 186 g/mol. The van der Waals surface area contributed by atoms with Crippen LogP contribution in [0.4, 0.5) is 0 Å². The van der Waals surface area contributed by atoms with Gasteiger partial charge in [0.05, 0.1) is 0 Å². The lowest BCUT2D eigenvalue weighted by Crippen LogP contribution is -2.46. The zero-order valence-corrected chi connectivity index (χ0v) is 9.97. The van der Waals surface area contributed by atoms with Crippen molar-refractivity contribution >= 4 is 0 Å². The Morgan fingerprint density at radius 3 is 2.80 bits per heavy atom. The van der Waals surface area contributed by atoms with Crippen molar-refractivity contribution in [2.75, 3.05) is 39.8 Å². The molecule has 0 bridgehead atoms. The largest absolute Gasteiger partial charge is 0.317 e. The lowest BCUT2D eigenvalue weighted by atomic mass is 9.97. The van der Waals surface area contributed by atoms with E-state index in [2.05, 4.69) is 22.6 Å². The molecule has 3 nitrogen and oxygen atoms in total. The fraction of sp³-hybridized carbons (Fsp3) is 1.00. The van der Waals surface area contributed by atoms with Crippen molar-refractivity contribution in [3.63, 3.8) is 0 Å². The predicted molar refractivity (Wildman–Crippen MR) is 64.1 cm³/mol. The van der Waals surface area contributed by atoms with Crippen molar-refractivity contribution in [3.8, 4) is 0 Å². The van der Waals surface area contributed by atoms with Gasteiger partial charge < -0.3 is 15.5 Å². The normalized spacial score (nSPS) is 30.6. The molecule has 2 fully saturated rings. The molecule has 15 heavy (non-hydrogen) atoms. The number of nitrogens with one attached hydrogen (secondary N) is 2. The van der Waals surface area contributed by atoms with Crippen LogP contribution in [0.1, 0.15) is 25.7 Å². The maximum Gasteiger partial charge on any atom is 0.0195 e. The summed E-state index contributed by atoms with van der Waals surface area (Å²) in [6.45, 7) is 6.20. The monoisotopic (exact) mass is 211 g/mol. The Labute approximate surface area is 93.6 Å². The summed E-state index contributed by atoms with van der Waals surface area (Å²) in [5.74, 6) is 0.915. The van der Waals surface area contributed by atoms with Crippen LogP contribution in [-0.2, 0) is 0 Å². The summed E-state index contributed by atoms with van der Waals surface area (Å²) in [7, 11) is 2.23. The summed E-state index contributed by atoms with van der Waals surface area (Å²) in [5, 5.41) is 7.18. The minimum absolute atomic E-state index is 0.749. The molecule has 0 aromatic rings. The molecule has 0 aromatic carbocycles. The molecule has 1 unspecified atom stereocenters. The van der Waals surface area contributed by atoms with Gasteiger partial charge in [-0.3, -0.25) is 0 Å². The van der Waals surface area contributed by atoms with Crippen molar-refractivity contribution in [2.24, 2.45) is 5.92 Å². The molecule has 0 aliphatic carbocycles. The zero-order chi connectivity index (χ0) is 10.5. The highest BCUT2D eigenvalue weighted by molar-refractivity contribution is 4.78. The van der Waals surface area contributed by atoms with Crippen LogP contribution in [0.25, 0.3) is 0 Å². The topological polar surface area (TPSA) is 27.3 Å². The molecule has 2 N–H and O–H groups in total. The predicted octanol–water partition coefficient (Wildman–Crippen LogP) is 0.670. The summed E-state index contributed by atoms with van der Waals surface area (Å²) >= 11 is 0. The van der Waals surface area contributed by atoms with Crippen LogP contribution in [0.3, 0.4) is 0 Å². The number of likely N-dealkylation sites (tertiary alicyclic amines) is 1. The van der Waals surface area contributed by atoms with Gasteiger partial charge in [0, 0.05) is 12.6 Å². The second-order valence-electron chi connectivity index (χ2n) is 5.20. The summed E-state index contributed by atoms with van der Waals surface area (Å²) < 4.78 is 0. The molecule has 2 saturated heterocycles. The van der Waals surface area contributed by atoms with E-state index in [1.54, 1.807) is 0 Å². The molecule has 0 aromatic heterocycles. The van der Waals surface area contributed by atoms with E-state index in [-0.39, 0.29) is 0 Å². The average molecular weight is 211 g/mol. The van der Waals surface area contributed by atoms with Crippen molar-refractivity contribution in [1.82, 2.24) is 15.5 Å². The lowest BCUT2D eigenvalue weighted by Gasteiger charge is -2.32. The highest BCUT2D eigenvalue weighted by Gasteiger charge is 2.19. The van der Waals surface area contributed by atoms with E-state index >= 15 is 0 Å². The molecule has 0 amide bonds. The van der Waals surface area contributed by atoms with Gasteiger partial charge in [-0.15, -0.1) is 0 Å². The number of nitrogens with zero attached hydrogens (tertiary/aromatic N) is 1. The molecular formula is C12H25N3. The first-order valence-corrected chi connectivity index (χ1v) is 6.47. The van der Waals surface area contributed by atoms with Crippen molar-refractivity contribution in [1.29, 1.82) is 0 Å². The number of rotatable bonds is 3. The third kappa shape index (κ3) is 3.74. The minimum Gasteiger partial charge on any atom is -0.317 e. The van der Waals surface area contributed by atoms with Gasteiger partial charge >= 0.3 is 0 Å². The van der Waals surface area contributed by atoms with E-state index in [4.69, 9.17) is 0 Å². The number of piperidine rings is 2. The van der Waals surface area contributed by atoms with E-state index in [1.807, 2.05) is 0 Å². The quantitative estimate of drug-likeness (QED) is 0.718. The zero-order valence-electron chi connectivity index (χ0n) is 9.97. The van der Waals surface area contributed by atoms with Gasteiger partial charge in [-0.1, -0.05) is 0 Å². The highest BCUT2D eigenvalue weighted by Crippen LogP contribution is 2.12. The molecule has 88 valence electrons. The molecule has 2 heterocycles. The second kappa shape index (κ2) is 5.83. The maximum atomic E-state index is 3.75. The lowest BCUT2D eigenvalue weighted by molar-refractivity contribution is 0.217. The van der Waals surface area contributed by atoms with E-state index in [0.717, 1.165) is 12.0 Å². The SMILES string of the molecule is CN1CCCC(NCC2CCNCC2)C1. The molecule has 0 radical (unpaired) electrons. The van der Waals surface area contributed by atoms with Gasteiger partial charge in [-0.2, -0.15) is 0 Å². The molecule has 0 saturated carbocycles. The van der Waals surface area contributed by atoms with Crippen LogP contribution in [0.15, 0.2) is 0 Å². The summed E-state index contributed by atoms with van der Waals surface area (Å²) in [4.78, 5) is 2.45. The van der Waals surface area contributed by atoms with Crippen LogP contribution in [-0.4, -0.2) is 50.7 Å². The van der Waals surface area contributed by atoms with E-state index < -0.39 is 0 Å². The Morgan fingerprint density at radius 2 is 2.07 bits per heavy atom. The molecule has 3 heteroatoms. The maximum absolute atomic E-state index is 3.75. The highest BCUT2D eigenvalue weighted by atomic mass is 15.1. The first-order valence-electron chi connectivity index (χ1n) is 6.47. The van der Waals surface area contributed by atoms with Crippen LogP contribution in [0, 0.1) is 5.92 Å². The Bertz CT molecular complexity index is 178. The number of likely N-dealkylation sites (N-methyl/N-ethyl adjacent to an activating group) is 1. The van der Waals surface area contributed by atoms with Gasteiger partial charge in [0.25, 0.3) is 0 Å². The van der Waals surface area contributed by atoms with Crippen LogP contribution >= 0.6 is 0 Å². The molecule has 2 rings (SSSR count). The van der Waals surface area contributed by atoms with Crippen LogP contribution in [0.5, 0.6) is 0 Å². The van der Waals surface area contributed by atoms with Gasteiger partial charge in [-0.25, -0.2) is 0 Å². The minimum atomic E-state index is 0.749. The Morgan fingerprint density at radius 1 is 1.27 bits per heavy atom. The standard InChI is InChI=1S/C12H25N3/c1-15-8-2-3-12(10-15)14-9-11-4-6-13-7-5-11/h11-14H,2-10H2,1H3. The fourth-order valence-corrected chi connectivity index (χ4v) is 2.75. The summed E-state index contributed by atoms with van der Waals surface area (Å²) in [5.41, 5.74) is 0. The third-order valence-electron chi connectivity index (χ3n) is 3.78. The van der Waals surface area contributed by atoms with E-state index in [0.29, 0.717) is 0 Å².